The molecule has 6 heteroatoms. The number of piperidine rings is 1. The Labute approximate surface area is 191 Å². The van der Waals surface area contributed by atoms with E-state index in [2.05, 4.69) is 24.2 Å². The van der Waals surface area contributed by atoms with Crippen LogP contribution in [0.2, 0.25) is 0 Å². The molecule has 3 rings (SSSR count). The molecule has 5 nitrogen and oxygen atoms in total. The molecule has 2 unspecified atom stereocenters. The van der Waals surface area contributed by atoms with Gasteiger partial charge in [-0.2, -0.15) is 0 Å². The third-order valence-corrected chi connectivity index (χ3v) is 6.01. The van der Waals surface area contributed by atoms with Crippen molar-refractivity contribution in [3.05, 3.63) is 65.0 Å². The summed E-state index contributed by atoms with van der Waals surface area (Å²) in [7, 11) is 2.10. The largest absolute Gasteiger partial charge is 0.491 e. The Morgan fingerprint density at radius 2 is 1.97 bits per heavy atom. The number of hydrogen-bond donors (Lipinski definition) is 1. The first-order valence-electron chi connectivity index (χ1n) is 11.5. The minimum absolute atomic E-state index is 0.0636. The first kappa shape index (κ1) is 24.1. The van der Waals surface area contributed by atoms with E-state index in [9.17, 15) is 9.18 Å². The van der Waals surface area contributed by atoms with Gasteiger partial charge in [-0.3, -0.25) is 0 Å². The first-order valence-corrected chi connectivity index (χ1v) is 11.5. The molecule has 0 spiro atoms. The summed E-state index contributed by atoms with van der Waals surface area (Å²) in [5, 5.41) is 3.05. The summed E-state index contributed by atoms with van der Waals surface area (Å²) in [6, 6.07) is 12.9. The molecule has 0 radical (unpaired) electrons. The van der Waals surface area contributed by atoms with E-state index in [1.807, 2.05) is 56.0 Å². The molecule has 0 aliphatic carbocycles. The lowest BCUT2D eigenvalue weighted by atomic mass is 9.92. The fourth-order valence-electron chi connectivity index (χ4n) is 4.35. The number of nitrogens with zero attached hydrogens (tertiary/aromatic N) is 2. The number of benzene rings is 2. The normalized spacial score (nSPS) is 19.1. The van der Waals surface area contributed by atoms with Crippen molar-refractivity contribution in [2.75, 3.05) is 20.1 Å². The zero-order valence-electron chi connectivity index (χ0n) is 19.9. The number of nitrogens with one attached hydrogen (secondary N) is 1. The predicted molar refractivity (Wildman–Crippen MR) is 126 cm³/mol. The fourth-order valence-corrected chi connectivity index (χ4v) is 4.35. The van der Waals surface area contributed by atoms with Crippen LogP contribution in [0.1, 0.15) is 43.9 Å². The van der Waals surface area contributed by atoms with Crippen molar-refractivity contribution in [3.8, 4) is 5.75 Å². The summed E-state index contributed by atoms with van der Waals surface area (Å²) >= 11 is 0. The highest BCUT2D eigenvalue weighted by atomic mass is 19.1. The number of hydrogen-bond acceptors (Lipinski definition) is 3. The molecule has 2 aromatic carbocycles. The van der Waals surface area contributed by atoms with Gasteiger partial charge in [0.1, 0.15) is 11.6 Å². The Morgan fingerprint density at radius 3 is 2.59 bits per heavy atom. The molecular formula is C26H36FN3O2. The molecule has 1 aliphatic rings. The Bertz CT molecular complexity index is 900. The van der Waals surface area contributed by atoms with Crippen molar-refractivity contribution in [2.45, 2.75) is 59.4 Å². The van der Waals surface area contributed by atoms with Gasteiger partial charge in [0.15, 0.2) is 0 Å². The van der Waals surface area contributed by atoms with E-state index >= 15 is 0 Å². The van der Waals surface area contributed by atoms with E-state index in [0.717, 1.165) is 36.4 Å². The van der Waals surface area contributed by atoms with Gasteiger partial charge in [0.25, 0.3) is 0 Å². The summed E-state index contributed by atoms with van der Waals surface area (Å²) in [5.74, 6) is 0.858. The minimum Gasteiger partial charge on any atom is -0.491 e. The molecule has 2 amide bonds. The van der Waals surface area contributed by atoms with Gasteiger partial charge in [0.2, 0.25) is 0 Å². The highest BCUT2D eigenvalue weighted by Crippen LogP contribution is 2.24. The molecule has 0 aromatic heterocycles. The molecule has 0 saturated carbocycles. The highest BCUT2D eigenvalue weighted by Gasteiger charge is 2.32. The summed E-state index contributed by atoms with van der Waals surface area (Å²) in [6.07, 6.45) is 0.993. The Kier molecular flexibility index (Phi) is 8.13. The van der Waals surface area contributed by atoms with Gasteiger partial charge >= 0.3 is 6.03 Å². The average molecular weight is 442 g/mol. The maximum absolute atomic E-state index is 14.6. The Balaban J connectivity index is 1.72. The maximum Gasteiger partial charge on any atom is 0.318 e. The van der Waals surface area contributed by atoms with Crippen molar-refractivity contribution < 1.29 is 13.9 Å². The van der Waals surface area contributed by atoms with Crippen LogP contribution in [-0.4, -0.2) is 48.1 Å². The lowest BCUT2D eigenvalue weighted by Gasteiger charge is -2.41. The molecule has 174 valence electrons. The fraction of sp³-hybridized carbons (Fsp3) is 0.500. The van der Waals surface area contributed by atoms with Crippen LogP contribution in [0, 0.1) is 18.7 Å². The molecule has 1 N–H and O–H groups in total. The number of carbonyl (C=O) groups is 1. The first-order chi connectivity index (χ1) is 15.2. The molecule has 2 aromatic rings. The maximum atomic E-state index is 14.6. The smallest absolute Gasteiger partial charge is 0.318 e. The van der Waals surface area contributed by atoms with Gasteiger partial charge in [0.05, 0.1) is 12.6 Å². The van der Waals surface area contributed by atoms with Crippen LogP contribution in [-0.2, 0) is 13.1 Å². The number of likely N-dealkylation sites (tertiary alicyclic amines) is 1. The predicted octanol–water partition coefficient (Wildman–Crippen LogP) is 4.97. The number of carbonyl (C=O) groups excluding carboxylic acids is 1. The molecule has 2 atom stereocenters. The van der Waals surface area contributed by atoms with Gasteiger partial charge < -0.3 is 19.9 Å². The van der Waals surface area contributed by atoms with Crippen molar-refractivity contribution in [1.29, 1.82) is 0 Å². The number of amides is 2. The Morgan fingerprint density at radius 1 is 1.25 bits per heavy atom. The van der Waals surface area contributed by atoms with Gasteiger partial charge in [0, 0.05) is 24.7 Å². The number of aryl methyl sites for hydroxylation is 1. The average Bonchev–Trinajstić information content (AvgIpc) is 2.73. The number of halogens is 1. The number of rotatable bonds is 7. The topological polar surface area (TPSA) is 44.8 Å². The summed E-state index contributed by atoms with van der Waals surface area (Å²) in [4.78, 5) is 17.4. The van der Waals surface area contributed by atoms with Crippen LogP contribution < -0.4 is 10.1 Å². The quantitative estimate of drug-likeness (QED) is 0.660. The monoisotopic (exact) mass is 441 g/mol. The highest BCUT2D eigenvalue weighted by molar-refractivity contribution is 5.74. The molecule has 1 saturated heterocycles. The molecule has 1 heterocycles. The van der Waals surface area contributed by atoms with Crippen molar-refractivity contribution in [3.63, 3.8) is 0 Å². The molecular weight excluding hydrogens is 405 g/mol. The van der Waals surface area contributed by atoms with Crippen molar-refractivity contribution >= 4 is 6.03 Å². The van der Waals surface area contributed by atoms with Crippen molar-refractivity contribution in [2.24, 2.45) is 5.92 Å². The van der Waals surface area contributed by atoms with Crippen LogP contribution in [0.3, 0.4) is 0 Å². The molecule has 32 heavy (non-hydrogen) atoms. The Hall–Kier alpha value is -2.60. The third kappa shape index (κ3) is 6.45. The van der Waals surface area contributed by atoms with Crippen LogP contribution in [0.5, 0.6) is 5.75 Å². The summed E-state index contributed by atoms with van der Waals surface area (Å²) in [6.45, 7) is 10.5. The number of urea groups is 1. The summed E-state index contributed by atoms with van der Waals surface area (Å²) in [5.41, 5.74) is 2.42. The van der Waals surface area contributed by atoms with E-state index in [4.69, 9.17) is 4.74 Å². The zero-order valence-corrected chi connectivity index (χ0v) is 19.9. The van der Waals surface area contributed by atoms with Gasteiger partial charge in [-0.25, -0.2) is 9.18 Å². The van der Waals surface area contributed by atoms with E-state index in [1.165, 1.54) is 6.07 Å². The second-order valence-electron chi connectivity index (χ2n) is 9.29. The molecule has 1 fully saturated rings. The van der Waals surface area contributed by atoms with E-state index in [-0.39, 0.29) is 30.5 Å². The lowest BCUT2D eigenvalue weighted by molar-refractivity contribution is 0.0878. The lowest BCUT2D eigenvalue weighted by Crippen LogP contribution is -2.53. The standard InChI is InChI=1S/C26H36FN3O2/c1-18(2)32-23-10-7-21(8-11-23)15-28-26(31)30(25-12-13-29(5)16-20(25)4)17-22-9-6-19(3)14-24(22)27/h6-11,14,18,20,25H,12-13,15-17H2,1-5H3,(H,28,31). The number of ether oxygens (including phenoxy) is 1. The van der Waals surface area contributed by atoms with Crippen LogP contribution in [0.4, 0.5) is 9.18 Å². The van der Waals surface area contributed by atoms with E-state index < -0.39 is 0 Å². The van der Waals surface area contributed by atoms with Crippen LogP contribution >= 0.6 is 0 Å². The molecule has 0 bridgehead atoms. The van der Waals surface area contributed by atoms with Crippen LogP contribution in [0.15, 0.2) is 42.5 Å². The van der Waals surface area contributed by atoms with Gasteiger partial charge in [-0.05, 0) is 76.0 Å². The molecule has 1 aliphatic heterocycles. The van der Waals surface area contributed by atoms with E-state index in [0.29, 0.717) is 18.0 Å². The summed E-state index contributed by atoms with van der Waals surface area (Å²) < 4.78 is 20.3. The third-order valence-electron chi connectivity index (χ3n) is 6.01. The van der Waals surface area contributed by atoms with Crippen molar-refractivity contribution in [1.82, 2.24) is 15.1 Å². The van der Waals surface area contributed by atoms with Gasteiger partial charge in [-0.1, -0.05) is 31.2 Å². The minimum atomic E-state index is -0.260. The SMILES string of the molecule is Cc1ccc(CN(C(=O)NCc2ccc(OC(C)C)cc2)C2CCN(C)CC2C)c(F)c1. The second-order valence-corrected chi connectivity index (χ2v) is 9.29. The second kappa shape index (κ2) is 10.8. The van der Waals surface area contributed by atoms with E-state index in [1.54, 1.807) is 6.07 Å². The zero-order chi connectivity index (χ0) is 23.3. The van der Waals surface area contributed by atoms with Gasteiger partial charge in [-0.15, -0.1) is 0 Å². The van der Waals surface area contributed by atoms with Crippen LogP contribution in [0.25, 0.3) is 0 Å².